The Bertz CT molecular complexity index is 481. The van der Waals surface area contributed by atoms with E-state index < -0.39 is 11.4 Å². The molecule has 0 aromatic heterocycles. The van der Waals surface area contributed by atoms with Crippen molar-refractivity contribution in [1.82, 2.24) is 0 Å². The minimum absolute atomic E-state index is 0.104. The van der Waals surface area contributed by atoms with E-state index in [1.54, 1.807) is 13.8 Å². The number of aliphatic carboxylic acids is 1. The molecule has 0 aliphatic heterocycles. The van der Waals surface area contributed by atoms with Crippen LogP contribution < -0.4 is 0 Å². The summed E-state index contributed by atoms with van der Waals surface area (Å²) in [6.45, 7) is 6.16. The topological polar surface area (TPSA) is 54.4 Å². The van der Waals surface area contributed by atoms with Gasteiger partial charge in [0.15, 0.2) is 5.78 Å². The number of hydrogen-bond donors (Lipinski definition) is 1. The summed E-state index contributed by atoms with van der Waals surface area (Å²) in [5, 5.41) is 8.98. The van der Waals surface area contributed by atoms with Crippen LogP contribution in [0.2, 0.25) is 0 Å². The Balaban J connectivity index is 3.03. The molecule has 0 atom stereocenters. The lowest BCUT2D eigenvalue weighted by Gasteiger charge is -2.18. The van der Waals surface area contributed by atoms with Gasteiger partial charge < -0.3 is 5.11 Å². The highest BCUT2D eigenvalue weighted by molar-refractivity contribution is 5.99. The van der Waals surface area contributed by atoms with Crippen LogP contribution in [0.3, 0.4) is 0 Å². The lowest BCUT2D eigenvalue weighted by molar-refractivity contribution is -0.146. The minimum atomic E-state index is -1.12. The van der Waals surface area contributed by atoms with Gasteiger partial charge in [-0.15, -0.1) is 0 Å². The summed E-state index contributed by atoms with van der Waals surface area (Å²) in [5.74, 6) is -1.64. The second kappa shape index (κ2) is 4.88. The molecule has 0 aliphatic rings. The molecule has 0 heterocycles. The number of carbonyl (C=O) groups is 2. The summed E-state index contributed by atoms with van der Waals surface area (Å²) in [6.07, 6.45) is -0.104. The predicted molar refractivity (Wildman–Crippen MR) is 66.2 cm³/mol. The highest BCUT2D eigenvalue weighted by atomic mass is 19.1. The van der Waals surface area contributed by atoms with Crippen molar-refractivity contribution in [1.29, 1.82) is 0 Å². The highest BCUT2D eigenvalue weighted by Gasteiger charge is 2.30. The van der Waals surface area contributed by atoms with E-state index in [2.05, 4.69) is 0 Å². The van der Waals surface area contributed by atoms with Crippen molar-refractivity contribution in [3.8, 4) is 0 Å². The largest absolute Gasteiger partial charge is 0.481 e. The molecule has 1 aromatic rings. The number of hydrogen-bond acceptors (Lipinski definition) is 2. The monoisotopic (exact) mass is 252 g/mol. The molecule has 0 saturated carbocycles. The Morgan fingerprint density at radius 2 is 1.67 bits per heavy atom. The summed E-state index contributed by atoms with van der Waals surface area (Å²) in [7, 11) is 0. The summed E-state index contributed by atoms with van der Waals surface area (Å²) in [6, 6.07) is 2.92. The fraction of sp³-hybridized carbons (Fsp3) is 0.429. The number of carboxylic acid groups (broad SMARTS) is 1. The molecule has 1 N–H and O–H groups in total. The molecule has 0 bridgehead atoms. The van der Waals surface area contributed by atoms with E-state index in [1.165, 1.54) is 26.0 Å². The van der Waals surface area contributed by atoms with Crippen molar-refractivity contribution in [2.45, 2.75) is 34.1 Å². The molecule has 0 radical (unpaired) electrons. The van der Waals surface area contributed by atoms with Crippen LogP contribution in [0.25, 0.3) is 0 Å². The third-order valence-corrected chi connectivity index (χ3v) is 2.94. The van der Waals surface area contributed by atoms with Gasteiger partial charge >= 0.3 is 5.97 Å². The average molecular weight is 252 g/mol. The van der Waals surface area contributed by atoms with Crippen molar-refractivity contribution < 1.29 is 19.1 Å². The lowest BCUT2D eigenvalue weighted by atomic mass is 9.85. The van der Waals surface area contributed by atoms with Crippen molar-refractivity contribution in [2.75, 3.05) is 0 Å². The van der Waals surface area contributed by atoms with Gasteiger partial charge in [-0.25, -0.2) is 4.39 Å². The van der Waals surface area contributed by atoms with Crippen LogP contribution in [0.1, 0.15) is 41.8 Å². The molecule has 0 fully saturated rings. The van der Waals surface area contributed by atoms with Gasteiger partial charge in [0.2, 0.25) is 0 Å². The van der Waals surface area contributed by atoms with Gasteiger partial charge in [0.1, 0.15) is 5.82 Å². The lowest BCUT2D eigenvalue weighted by Crippen LogP contribution is -2.27. The molecule has 0 saturated heterocycles. The number of ketones is 1. The summed E-state index contributed by atoms with van der Waals surface area (Å²) in [5.41, 5.74) is 0.0338. The molecule has 0 spiro atoms. The number of rotatable bonds is 4. The van der Waals surface area contributed by atoms with E-state index in [0.29, 0.717) is 16.7 Å². The van der Waals surface area contributed by atoms with Gasteiger partial charge in [-0.3, -0.25) is 9.59 Å². The third-order valence-electron chi connectivity index (χ3n) is 2.94. The molecular weight excluding hydrogens is 235 g/mol. The number of carbonyl (C=O) groups excluding carboxylic acids is 1. The van der Waals surface area contributed by atoms with Crippen LogP contribution in [0.5, 0.6) is 0 Å². The summed E-state index contributed by atoms with van der Waals surface area (Å²) < 4.78 is 13.4. The molecule has 1 rings (SSSR count). The second-order valence-electron chi connectivity index (χ2n) is 5.21. The maximum atomic E-state index is 13.4. The number of carboxylic acids is 1. The number of Topliss-reactive ketones (excluding diaryl/α,β-unsaturated/α-hetero) is 1. The van der Waals surface area contributed by atoms with Gasteiger partial charge in [0.05, 0.1) is 5.41 Å². The zero-order valence-electron chi connectivity index (χ0n) is 11.0. The fourth-order valence-electron chi connectivity index (χ4n) is 1.69. The molecule has 0 unspecified atom stereocenters. The first kappa shape index (κ1) is 14.4. The van der Waals surface area contributed by atoms with Crippen LogP contribution in [0, 0.1) is 25.1 Å². The summed E-state index contributed by atoms with van der Waals surface area (Å²) in [4.78, 5) is 23.0. The standard InChI is InChI=1S/C14H17FO3/c1-8-5-10(6-9(2)12(8)15)11(16)7-14(3,4)13(17)18/h5-6H,7H2,1-4H3,(H,17,18). The normalized spacial score (nSPS) is 11.4. The Morgan fingerprint density at radius 3 is 2.06 bits per heavy atom. The number of benzene rings is 1. The maximum absolute atomic E-state index is 13.4. The van der Waals surface area contributed by atoms with E-state index in [0.717, 1.165) is 0 Å². The van der Waals surface area contributed by atoms with E-state index in [4.69, 9.17) is 5.11 Å². The van der Waals surface area contributed by atoms with Crippen molar-refractivity contribution in [2.24, 2.45) is 5.41 Å². The highest BCUT2D eigenvalue weighted by Crippen LogP contribution is 2.24. The van der Waals surface area contributed by atoms with Gasteiger partial charge in [0.25, 0.3) is 0 Å². The van der Waals surface area contributed by atoms with E-state index >= 15 is 0 Å². The SMILES string of the molecule is Cc1cc(C(=O)CC(C)(C)C(=O)O)cc(C)c1F. The van der Waals surface area contributed by atoms with Crippen LogP contribution in [-0.4, -0.2) is 16.9 Å². The first-order valence-electron chi connectivity index (χ1n) is 5.68. The fourth-order valence-corrected chi connectivity index (χ4v) is 1.69. The zero-order chi connectivity index (χ0) is 14.1. The Labute approximate surface area is 106 Å². The summed E-state index contributed by atoms with van der Waals surface area (Å²) >= 11 is 0. The molecule has 98 valence electrons. The van der Waals surface area contributed by atoms with Gasteiger partial charge in [-0.2, -0.15) is 0 Å². The first-order valence-corrected chi connectivity index (χ1v) is 5.68. The predicted octanol–water partition coefficient (Wildman–Crippen LogP) is 3.13. The van der Waals surface area contributed by atoms with Crippen molar-refractivity contribution in [3.63, 3.8) is 0 Å². The van der Waals surface area contributed by atoms with E-state index in [9.17, 15) is 14.0 Å². The van der Waals surface area contributed by atoms with Gasteiger partial charge in [-0.1, -0.05) is 0 Å². The third kappa shape index (κ3) is 2.94. The Hall–Kier alpha value is -1.71. The molecule has 3 nitrogen and oxygen atoms in total. The van der Waals surface area contributed by atoms with Crippen LogP contribution in [0.15, 0.2) is 12.1 Å². The van der Waals surface area contributed by atoms with Crippen LogP contribution in [-0.2, 0) is 4.79 Å². The number of halogens is 1. The van der Waals surface area contributed by atoms with E-state index in [1.807, 2.05) is 0 Å². The van der Waals surface area contributed by atoms with Gasteiger partial charge in [0, 0.05) is 12.0 Å². The number of aryl methyl sites for hydroxylation is 2. The van der Waals surface area contributed by atoms with Crippen LogP contribution in [0.4, 0.5) is 4.39 Å². The Kier molecular flexibility index (Phi) is 3.89. The quantitative estimate of drug-likeness (QED) is 0.837. The van der Waals surface area contributed by atoms with Crippen molar-refractivity contribution >= 4 is 11.8 Å². The molecular formula is C14H17FO3. The smallest absolute Gasteiger partial charge is 0.309 e. The van der Waals surface area contributed by atoms with E-state index in [-0.39, 0.29) is 18.0 Å². The first-order chi connectivity index (χ1) is 8.15. The molecule has 1 aromatic carbocycles. The Morgan fingerprint density at radius 1 is 1.22 bits per heavy atom. The second-order valence-corrected chi connectivity index (χ2v) is 5.21. The average Bonchev–Trinajstić information content (AvgIpc) is 2.24. The zero-order valence-corrected chi connectivity index (χ0v) is 11.0. The molecule has 4 heteroatoms. The maximum Gasteiger partial charge on any atom is 0.309 e. The van der Waals surface area contributed by atoms with Crippen LogP contribution >= 0.6 is 0 Å². The van der Waals surface area contributed by atoms with Crippen molar-refractivity contribution in [3.05, 3.63) is 34.6 Å². The molecule has 0 aliphatic carbocycles. The molecule has 18 heavy (non-hydrogen) atoms. The van der Waals surface area contributed by atoms with Gasteiger partial charge in [-0.05, 0) is 51.0 Å². The minimum Gasteiger partial charge on any atom is -0.481 e. The molecule has 0 amide bonds.